The van der Waals surface area contributed by atoms with Crippen LogP contribution in [0.15, 0.2) is 36.5 Å². The van der Waals surface area contributed by atoms with Crippen molar-refractivity contribution in [3.8, 4) is 17.4 Å². The van der Waals surface area contributed by atoms with Crippen LogP contribution in [0, 0.1) is 10.1 Å². The molecular weight excluding hydrogens is 264 g/mol. The van der Waals surface area contributed by atoms with Crippen molar-refractivity contribution in [1.82, 2.24) is 4.98 Å². The van der Waals surface area contributed by atoms with Gasteiger partial charge in [0.25, 0.3) is 5.69 Å². The summed E-state index contributed by atoms with van der Waals surface area (Å²) < 4.78 is 10.6. The molecule has 0 spiro atoms. The molecule has 0 saturated heterocycles. The molecule has 0 aliphatic rings. The highest BCUT2D eigenvalue weighted by atomic mass is 16.6. The number of ether oxygens (including phenoxy) is 2. The number of non-ortho nitro benzene ring substituents is 1. The van der Waals surface area contributed by atoms with Crippen molar-refractivity contribution in [2.24, 2.45) is 0 Å². The van der Waals surface area contributed by atoms with Crippen molar-refractivity contribution < 1.29 is 19.5 Å². The van der Waals surface area contributed by atoms with E-state index in [0.29, 0.717) is 17.2 Å². The lowest BCUT2D eigenvalue weighted by atomic mass is 10.3. The molecule has 0 radical (unpaired) electrons. The third-order valence-electron chi connectivity index (χ3n) is 2.55. The maximum Gasteiger partial charge on any atom is 0.273 e. The van der Waals surface area contributed by atoms with Gasteiger partial charge in [0.1, 0.15) is 0 Å². The van der Waals surface area contributed by atoms with Crippen LogP contribution in [-0.2, 0) is 6.61 Å². The molecule has 2 rings (SSSR count). The largest absolute Gasteiger partial charge is 0.493 e. The minimum atomic E-state index is -0.513. The number of benzene rings is 1. The van der Waals surface area contributed by atoms with Gasteiger partial charge in [-0.3, -0.25) is 10.1 Å². The molecule has 104 valence electrons. The second kappa shape index (κ2) is 5.98. The van der Waals surface area contributed by atoms with Gasteiger partial charge in [-0.2, -0.15) is 0 Å². The lowest BCUT2D eigenvalue weighted by Crippen LogP contribution is -1.95. The van der Waals surface area contributed by atoms with E-state index in [2.05, 4.69) is 4.98 Å². The van der Waals surface area contributed by atoms with Crippen LogP contribution in [0.3, 0.4) is 0 Å². The number of pyridine rings is 1. The Balaban J connectivity index is 2.25. The molecule has 2 aromatic rings. The summed E-state index contributed by atoms with van der Waals surface area (Å²) in [6.45, 7) is -0.103. The van der Waals surface area contributed by atoms with Crippen molar-refractivity contribution in [2.75, 3.05) is 7.11 Å². The molecular formula is C13H12N2O5. The van der Waals surface area contributed by atoms with Crippen LogP contribution in [0.2, 0.25) is 0 Å². The maximum atomic E-state index is 10.7. The smallest absolute Gasteiger partial charge is 0.273 e. The quantitative estimate of drug-likeness (QED) is 0.665. The average Bonchev–Trinajstić information content (AvgIpc) is 2.48. The molecule has 7 heteroatoms. The zero-order valence-corrected chi connectivity index (χ0v) is 10.6. The summed E-state index contributed by atoms with van der Waals surface area (Å²) in [4.78, 5) is 14.2. The van der Waals surface area contributed by atoms with E-state index in [-0.39, 0.29) is 18.0 Å². The van der Waals surface area contributed by atoms with E-state index in [4.69, 9.17) is 14.6 Å². The summed E-state index contributed by atoms with van der Waals surface area (Å²) in [5.74, 6) is 0.865. The van der Waals surface area contributed by atoms with Crippen molar-refractivity contribution in [1.29, 1.82) is 0 Å². The van der Waals surface area contributed by atoms with Gasteiger partial charge in [-0.1, -0.05) is 0 Å². The van der Waals surface area contributed by atoms with Gasteiger partial charge < -0.3 is 14.6 Å². The highest BCUT2D eigenvalue weighted by Crippen LogP contribution is 2.33. The highest BCUT2D eigenvalue weighted by Gasteiger charge is 2.13. The first kappa shape index (κ1) is 13.8. The second-order valence-electron chi connectivity index (χ2n) is 3.86. The molecule has 1 N–H and O–H groups in total. The molecule has 20 heavy (non-hydrogen) atoms. The minimum absolute atomic E-state index is 0.0854. The van der Waals surface area contributed by atoms with Crippen LogP contribution in [0.25, 0.3) is 0 Å². The number of aliphatic hydroxyl groups is 1. The highest BCUT2D eigenvalue weighted by molar-refractivity contribution is 5.49. The Bertz CT molecular complexity index is 613. The fourth-order valence-electron chi connectivity index (χ4n) is 1.53. The molecule has 7 nitrogen and oxygen atoms in total. The van der Waals surface area contributed by atoms with Gasteiger partial charge in [-0.25, -0.2) is 4.98 Å². The van der Waals surface area contributed by atoms with Gasteiger partial charge in [0.05, 0.1) is 24.7 Å². The van der Waals surface area contributed by atoms with Gasteiger partial charge in [-0.15, -0.1) is 0 Å². The standard InChI is InChI=1S/C13H12N2O5/c1-19-12-6-10(15(17)18)3-4-11(12)20-13-5-2-9(8-16)7-14-13/h2-7,16H,8H2,1H3. The van der Waals surface area contributed by atoms with Crippen LogP contribution >= 0.6 is 0 Å². The number of aromatic nitrogens is 1. The summed E-state index contributed by atoms with van der Waals surface area (Å²) in [5, 5.41) is 19.6. The number of rotatable bonds is 5. The molecule has 0 saturated carbocycles. The minimum Gasteiger partial charge on any atom is -0.493 e. The zero-order chi connectivity index (χ0) is 14.5. The van der Waals surface area contributed by atoms with Gasteiger partial charge in [0.2, 0.25) is 5.88 Å². The van der Waals surface area contributed by atoms with Gasteiger partial charge in [-0.05, 0) is 17.7 Å². The lowest BCUT2D eigenvalue weighted by Gasteiger charge is -2.09. The number of methoxy groups -OCH3 is 1. The Hall–Kier alpha value is -2.67. The normalized spacial score (nSPS) is 10.1. The summed E-state index contributed by atoms with van der Waals surface area (Å²) in [7, 11) is 1.40. The Morgan fingerprint density at radius 2 is 2.10 bits per heavy atom. The van der Waals surface area contributed by atoms with Crippen LogP contribution in [0.5, 0.6) is 17.4 Å². The van der Waals surface area contributed by atoms with E-state index < -0.39 is 4.92 Å². The molecule has 0 bridgehead atoms. The van der Waals surface area contributed by atoms with Crippen LogP contribution in [0.4, 0.5) is 5.69 Å². The molecule has 0 amide bonds. The zero-order valence-electron chi connectivity index (χ0n) is 10.6. The first-order valence-corrected chi connectivity index (χ1v) is 5.70. The van der Waals surface area contributed by atoms with Gasteiger partial charge in [0.15, 0.2) is 11.5 Å². The lowest BCUT2D eigenvalue weighted by molar-refractivity contribution is -0.384. The Morgan fingerprint density at radius 3 is 2.65 bits per heavy atom. The molecule has 1 aromatic heterocycles. The third kappa shape index (κ3) is 3.01. The topological polar surface area (TPSA) is 94.7 Å². The average molecular weight is 276 g/mol. The molecule has 1 heterocycles. The van der Waals surface area contributed by atoms with Crippen molar-refractivity contribution in [3.05, 3.63) is 52.2 Å². The van der Waals surface area contributed by atoms with Crippen molar-refractivity contribution >= 4 is 5.69 Å². The van der Waals surface area contributed by atoms with E-state index in [0.717, 1.165) is 0 Å². The number of nitro benzene ring substituents is 1. The third-order valence-corrected chi connectivity index (χ3v) is 2.55. The van der Waals surface area contributed by atoms with Gasteiger partial charge in [0, 0.05) is 18.3 Å². The molecule has 0 atom stereocenters. The molecule has 0 unspecified atom stereocenters. The Kier molecular flexibility index (Phi) is 4.11. The first-order chi connectivity index (χ1) is 9.63. The van der Waals surface area contributed by atoms with Crippen molar-refractivity contribution in [3.63, 3.8) is 0 Å². The fraction of sp³-hybridized carbons (Fsp3) is 0.154. The summed E-state index contributed by atoms with van der Waals surface area (Å²) in [5.41, 5.74) is 0.575. The van der Waals surface area contributed by atoms with E-state index in [1.165, 1.54) is 31.5 Å². The van der Waals surface area contributed by atoms with Crippen LogP contribution in [0.1, 0.15) is 5.56 Å². The van der Waals surface area contributed by atoms with E-state index >= 15 is 0 Å². The fourth-order valence-corrected chi connectivity index (χ4v) is 1.53. The molecule has 0 aliphatic heterocycles. The molecule has 0 fully saturated rings. The number of nitrogens with zero attached hydrogens (tertiary/aromatic N) is 2. The Labute approximate surface area is 114 Å². The Morgan fingerprint density at radius 1 is 1.30 bits per heavy atom. The number of hydrogen-bond donors (Lipinski definition) is 1. The van der Waals surface area contributed by atoms with Crippen molar-refractivity contribution in [2.45, 2.75) is 6.61 Å². The van der Waals surface area contributed by atoms with E-state index in [1.807, 2.05) is 0 Å². The van der Waals surface area contributed by atoms with Crippen LogP contribution < -0.4 is 9.47 Å². The summed E-state index contributed by atoms with van der Waals surface area (Å²) >= 11 is 0. The van der Waals surface area contributed by atoms with E-state index in [1.54, 1.807) is 12.1 Å². The predicted octanol–water partition coefficient (Wildman–Crippen LogP) is 2.28. The number of aliphatic hydroxyl groups excluding tert-OH is 1. The number of hydrogen-bond acceptors (Lipinski definition) is 6. The number of nitro groups is 1. The predicted molar refractivity (Wildman–Crippen MR) is 69.9 cm³/mol. The maximum absolute atomic E-state index is 10.7. The molecule has 0 aliphatic carbocycles. The first-order valence-electron chi connectivity index (χ1n) is 5.70. The summed E-state index contributed by atoms with van der Waals surface area (Å²) in [6, 6.07) is 7.29. The monoisotopic (exact) mass is 276 g/mol. The SMILES string of the molecule is COc1cc([N+](=O)[O-])ccc1Oc1ccc(CO)cn1. The summed E-state index contributed by atoms with van der Waals surface area (Å²) in [6.07, 6.45) is 1.48. The van der Waals surface area contributed by atoms with Crippen LogP contribution in [-0.4, -0.2) is 22.1 Å². The molecule has 1 aromatic carbocycles. The second-order valence-corrected chi connectivity index (χ2v) is 3.86. The van der Waals surface area contributed by atoms with Gasteiger partial charge >= 0.3 is 0 Å². The van der Waals surface area contributed by atoms with E-state index in [9.17, 15) is 10.1 Å².